The lowest BCUT2D eigenvalue weighted by Gasteiger charge is -2.23. The molecule has 0 N–H and O–H groups in total. The molecule has 0 unspecified atom stereocenters. The highest BCUT2D eigenvalue weighted by Crippen LogP contribution is 2.17. The van der Waals surface area contributed by atoms with E-state index in [1.807, 2.05) is 10.9 Å². The van der Waals surface area contributed by atoms with Crippen molar-refractivity contribution in [3.05, 3.63) is 30.5 Å². The Morgan fingerprint density at radius 2 is 2.32 bits per heavy atom. The second kappa shape index (κ2) is 7.02. The molecular formula is C15H24N6O. The zero-order valence-corrected chi connectivity index (χ0v) is 13.4. The summed E-state index contributed by atoms with van der Waals surface area (Å²) in [6.45, 7) is 7.00. The Bertz CT molecular complexity index is 566. The van der Waals surface area contributed by atoms with Gasteiger partial charge in [0.1, 0.15) is 18.4 Å². The molecule has 22 heavy (non-hydrogen) atoms. The number of rotatable bonds is 7. The normalized spacial score (nSPS) is 19.3. The van der Waals surface area contributed by atoms with E-state index in [1.165, 1.54) is 6.42 Å². The SMILES string of the molecule is CCc1cnc(CN(C)[C@@H]2CCN(CCn3cncn3)C2)o1. The van der Waals surface area contributed by atoms with Crippen LogP contribution in [0.5, 0.6) is 0 Å². The number of likely N-dealkylation sites (tertiary alicyclic amines) is 1. The minimum atomic E-state index is 0.563. The average Bonchev–Trinajstić information content (AvgIpc) is 3.26. The van der Waals surface area contributed by atoms with E-state index >= 15 is 0 Å². The lowest BCUT2D eigenvalue weighted by Crippen LogP contribution is -2.35. The summed E-state index contributed by atoms with van der Waals surface area (Å²) in [6, 6.07) is 0.563. The summed E-state index contributed by atoms with van der Waals surface area (Å²) >= 11 is 0. The molecule has 1 fully saturated rings. The van der Waals surface area contributed by atoms with Gasteiger partial charge < -0.3 is 4.42 Å². The maximum absolute atomic E-state index is 5.70. The van der Waals surface area contributed by atoms with Gasteiger partial charge in [0.05, 0.1) is 19.3 Å². The first-order valence-electron chi connectivity index (χ1n) is 7.93. The molecule has 0 aliphatic carbocycles. The van der Waals surface area contributed by atoms with Crippen molar-refractivity contribution in [1.82, 2.24) is 29.5 Å². The first-order chi connectivity index (χ1) is 10.7. The fourth-order valence-electron chi connectivity index (χ4n) is 2.89. The van der Waals surface area contributed by atoms with Gasteiger partial charge in [0.2, 0.25) is 5.89 Å². The number of aryl methyl sites for hydroxylation is 1. The maximum atomic E-state index is 5.70. The first-order valence-corrected chi connectivity index (χ1v) is 7.93. The number of hydrogen-bond donors (Lipinski definition) is 0. The Labute approximate surface area is 130 Å². The van der Waals surface area contributed by atoms with Crippen LogP contribution in [-0.2, 0) is 19.5 Å². The monoisotopic (exact) mass is 304 g/mol. The van der Waals surface area contributed by atoms with E-state index in [4.69, 9.17) is 4.42 Å². The van der Waals surface area contributed by atoms with E-state index in [2.05, 4.69) is 38.8 Å². The third-order valence-electron chi connectivity index (χ3n) is 4.32. The van der Waals surface area contributed by atoms with Gasteiger partial charge in [-0.15, -0.1) is 0 Å². The number of likely N-dealkylation sites (N-methyl/N-ethyl adjacent to an activating group) is 1. The van der Waals surface area contributed by atoms with Crippen LogP contribution in [0.4, 0.5) is 0 Å². The van der Waals surface area contributed by atoms with E-state index in [9.17, 15) is 0 Å². The van der Waals surface area contributed by atoms with Crippen LogP contribution in [0, 0.1) is 0 Å². The summed E-state index contributed by atoms with van der Waals surface area (Å²) in [5, 5.41) is 4.15. The van der Waals surface area contributed by atoms with Gasteiger partial charge in [-0.25, -0.2) is 9.97 Å². The smallest absolute Gasteiger partial charge is 0.208 e. The van der Waals surface area contributed by atoms with Crippen LogP contribution in [0.1, 0.15) is 25.0 Å². The number of oxazole rings is 1. The first kappa shape index (κ1) is 15.2. The standard InChI is InChI=1S/C15H24N6O/c1-3-14-8-17-15(22-14)10-19(2)13-4-5-20(9-13)6-7-21-12-16-11-18-21/h8,11-13H,3-7,9-10H2,1-2H3/t13-/m1/s1. The quantitative estimate of drug-likeness (QED) is 0.761. The second-order valence-electron chi connectivity index (χ2n) is 5.89. The van der Waals surface area contributed by atoms with Crippen LogP contribution in [0.2, 0.25) is 0 Å². The van der Waals surface area contributed by atoms with E-state index in [1.54, 1.807) is 12.7 Å². The van der Waals surface area contributed by atoms with Crippen molar-refractivity contribution in [3.63, 3.8) is 0 Å². The molecule has 120 valence electrons. The summed E-state index contributed by atoms with van der Waals surface area (Å²) < 4.78 is 7.59. The Morgan fingerprint density at radius 1 is 1.41 bits per heavy atom. The summed E-state index contributed by atoms with van der Waals surface area (Å²) in [7, 11) is 2.15. The molecule has 1 atom stereocenters. The predicted octanol–water partition coefficient (Wildman–Crippen LogP) is 1.03. The van der Waals surface area contributed by atoms with Gasteiger partial charge in [-0.3, -0.25) is 14.5 Å². The Morgan fingerprint density at radius 3 is 3.05 bits per heavy atom. The molecule has 1 aliphatic rings. The Hall–Kier alpha value is -1.73. The molecule has 1 saturated heterocycles. The van der Waals surface area contributed by atoms with Crippen LogP contribution in [0.3, 0.4) is 0 Å². The summed E-state index contributed by atoms with van der Waals surface area (Å²) in [5.74, 6) is 1.78. The molecule has 0 amide bonds. The molecule has 0 saturated carbocycles. The predicted molar refractivity (Wildman–Crippen MR) is 82.2 cm³/mol. The highest BCUT2D eigenvalue weighted by Gasteiger charge is 2.26. The molecule has 3 heterocycles. The van der Waals surface area contributed by atoms with Gasteiger partial charge in [-0.1, -0.05) is 6.92 Å². The van der Waals surface area contributed by atoms with Crippen molar-refractivity contribution in [2.24, 2.45) is 0 Å². The van der Waals surface area contributed by atoms with Crippen molar-refractivity contribution < 1.29 is 4.42 Å². The van der Waals surface area contributed by atoms with E-state index in [0.717, 1.165) is 50.8 Å². The Balaban J connectivity index is 1.45. The van der Waals surface area contributed by atoms with Crippen molar-refractivity contribution in [2.45, 2.75) is 38.9 Å². The molecule has 1 aliphatic heterocycles. The molecule has 2 aromatic heterocycles. The molecule has 0 spiro atoms. The van der Waals surface area contributed by atoms with E-state index in [0.29, 0.717) is 6.04 Å². The zero-order valence-electron chi connectivity index (χ0n) is 13.4. The highest BCUT2D eigenvalue weighted by molar-refractivity contribution is 4.94. The van der Waals surface area contributed by atoms with Gasteiger partial charge in [0.25, 0.3) is 0 Å². The summed E-state index contributed by atoms with van der Waals surface area (Å²) in [4.78, 5) is 13.2. The Kier molecular flexibility index (Phi) is 4.84. The third kappa shape index (κ3) is 3.72. The van der Waals surface area contributed by atoms with Gasteiger partial charge >= 0.3 is 0 Å². The second-order valence-corrected chi connectivity index (χ2v) is 5.89. The molecule has 0 aromatic carbocycles. The molecule has 0 bridgehead atoms. The van der Waals surface area contributed by atoms with Gasteiger partial charge in [-0.05, 0) is 20.0 Å². The molecule has 7 heteroatoms. The maximum Gasteiger partial charge on any atom is 0.208 e. The van der Waals surface area contributed by atoms with Crippen LogP contribution < -0.4 is 0 Å². The largest absolute Gasteiger partial charge is 0.444 e. The lowest BCUT2D eigenvalue weighted by molar-refractivity contribution is 0.203. The lowest BCUT2D eigenvalue weighted by atomic mass is 10.2. The molecule has 0 radical (unpaired) electrons. The fourth-order valence-corrected chi connectivity index (χ4v) is 2.89. The van der Waals surface area contributed by atoms with Crippen molar-refractivity contribution in [1.29, 1.82) is 0 Å². The summed E-state index contributed by atoms with van der Waals surface area (Å²) in [6.07, 6.45) is 7.28. The van der Waals surface area contributed by atoms with Crippen molar-refractivity contribution in [3.8, 4) is 0 Å². The van der Waals surface area contributed by atoms with Crippen molar-refractivity contribution in [2.75, 3.05) is 26.7 Å². The van der Waals surface area contributed by atoms with Crippen molar-refractivity contribution >= 4 is 0 Å². The van der Waals surface area contributed by atoms with E-state index < -0.39 is 0 Å². The molecule has 7 nitrogen and oxygen atoms in total. The fraction of sp³-hybridized carbons (Fsp3) is 0.667. The highest BCUT2D eigenvalue weighted by atomic mass is 16.4. The topological polar surface area (TPSA) is 63.2 Å². The number of hydrogen-bond acceptors (Lipinski definition) is 6. The molecule has 2 aromatic rings. The minimum Gasteiger partial charge on any atom is -0.444 e. The third-order valence-corrected chi connectivity index (χ3v) is 4.32. The zero-order chi connectivity index (χ0) is 15.4. The number of nitrogens with zero attached hydrogens (tertiary/aromatic N) is 6. The van der Waals surface area contributed by atoms with Crippen LogP contribution in [0.15, 0.2) is 23.3 Å². The minimum absolute atomic E-state index is 0.563. The van der Waals surface area contributed by atoms with Gasteiger partial charge in [0.15, 0.2) is 0 Å². The van der Waals surface area contributed by atoms with Crippen LogP contribution in [0.25, 0.3) is 0 Å². The van der Waals surface area contributed by atoms with Gasteiger partial charge in [-0.2, -0.15) is 5.10 Å². The van der Waals surface area contributed by atoms with Crippen LogP contribution >= 0.6 is 0 Å². The molecular weight excluding hydrogens is 280 g/mol. The number of aromatic nitrogens is 4. The van der Waals surface area contributed by atoms with Crippen LogP contribution in [-0.4, -0.2) is 62.3 Å². The molecule has 3 rings (SSSR count). The summed E-state index contributed by atoms with van der Waals surface area (Å²) in [5.41, 5.74) is 0. The van der Waals surface area contributed by atoms with Gasteiger partial charge in [0, 0.05) is 25.6 Å². The van der Waals surface area contributed by atoms with E-state index in [-0.39, 0.29) is 0 Å². The average molecular weight is 304 g/mol.